The van der Waals surface area contributed by atoms with Gasteiger partial charge in [-0.25, -0.2) is 0 Å². The molecule has 2 unspecified atom stereocenters. The smallest absolute Gasteiger partial charge is 0.0708 e. The number of pyridine rings is 1. The number of hydrogen-bond donors (Lipinski definition) is 0. The maximum Gasteiger partial charge on any atom is 0.0708 e. The van der Waals surface area contributed by atoms with Crippen LogP contribution in [0.25, 0.3) is 10.9 Å². The van der Waals surface area contributed by atoms with E-state index in [1.165, 1.54) is 99.2 Å². The van der Waals surface area contributed by atoms with E-state index in [0.29, 0.717) is 16.7 Å². The van der Waals surface area contributed by atoms with Gasteiger partial charge in [0.2, 0.25) is 0 Å². The normalized spacial score (nSPS) is 39.6. The molecule has 4 fully saturated rings. The number of hydrogen-bond acceptors (Lipinski definition) is 1. The van der Waals surface area contributed by atoms with Crippen LogP contribution in [0.3, 0.4) is 0 Å². The van der Waals surface area contributed by atoms with Crippen molar-refractivity contribution in [3.05, 3.63) is 41.6 Å². The second-order valence-electron chi connectivity index (χ2n) is 15.5. The highest BCUT2D eigenvalue weighted by molar-refractivity contribution is 5.82. The van der Waals surface area contributed by atoms with Gasteiger partial charge in [0.15, 0.2) is 0 Å². The second-order valence-corrected chi connectivity index (χ2v) is 15.5. The highest BCUT2D eigenvalue weighted by Gasteiger charge is 2.60. The zero-order chi connectivity index (χ0) is 26.7. The summed E-state index contributed by atoms with van der Waals surface area (Å²) in [5.41, 5.74) is 5.16. The fourth-order valence-corrected chi connectivity index (χ4v) is 11.1. The largest absolute Gasteiger partial charge is 0.253 e. The van der Waals surface area contributed by atoms with Crippen molar-refractivity contribution in [2.24, 2.45) is 52.3 Å². The first-order valence-electron chi connectivity index (χ1n) is 16.6. The Kier molecular flexibility index (Phi) is 7.22. The molecule has 0 N–H and O–H groups in total. The van der Waals surface area contributed by atoms with Crippen LogP contribution in [0.2, 0.25) is 0 Å². The molecule has 0 saturated heterocycles. The van der Waals surface area contributed by atoms with Crippen molar-refractivity contribution in [1.82, 2.24) is 4.98 Å². The average Bonchev–Trinajstić information content (AvgIpc) is 3.25. The highest BCUT2D eigenvalue weighted by atomic mass is 14.7. The van der Waals surface area contributed by atoms with Crippen LogP contribution in [-0.4, -0.2) is 4.98 Å². The van der Waals surface area contributed by atoms with Gasteiger partial charge in [0.25, 0.3) is 0 Å². The molecule has 1 nitrogen and oxygen atoms in total. The highest BCUT2D eigenvalue weighted by Crippen LogP contribution is 2.69. The summed E-state index contributed by atoms with van der Waals surface area (Å²) >= 11 is 0. The number of para-hydroxylation sites is 1. The zero-order valence-electron chi connectivity index (χ0n) is 25.4. The summed E-state index contributed by atoms with van der Waals surface area (Å²) < 4.78 is 0. The van der Waals surface area contributed by atoms with Crippen LogP contribution in [0.15, 0.2) is 30.3 Å². The fourth-order valence-electron chi connectivity index (χ4n) is 11.1. The molecule has 4 saturated carbocycles. The van der Waals surface area contributed by atoms with Crippen molar-refractivity contribution in [1.29, 1.82) is 0 Å². The topological polar surface area (TPSA) is 12.9 Å². The molecule has 0 spiro atoms. The third-order valence-corrected chi connectivity index (χ3v) is 13.2. The predicted octanol–water partition coefficient (Wildman–Crippen LogP) is 10.7. The lowest BCUT2D eigenvalue weighted by molar-refractivity contribution is -0.117. The minimum atomic E-state index is 0.563. The number of nitrogens with zero attached hydrogens (tertiary/aromatic N) is 1. The molecule has 9 atom stereocenters. The van der Waals surface area contributed by atoms with E-state index in [2.05, 4.69) is 71.9 Å². The van der Waals surface area contributed by atoms with Gasteiger partial charge in [0.05, 0.1) is 5.52 Å². The molecule has 0 radical (unpaired) electrons. The van der Waals surface area contributed by atoms with E-state index in [0.717, 1.165) is 41.4 Å². The Hall–Kier alpha value is -1.37. The Morgan fingerprint density at radius 2 is 1.63 bits per heavy atom. The molecular formula is C37H55N. The zero-order valence-corrected chi connectivity index (χ0v) is 25.4. The maximum absolute atomic E-state index is 5.21. The van der Waals surface area contributed by atoms with Crippen molar-refractivity contribution >= 4 is 10.9 Å². The van der Waals surface area contributed by atoms with E-state index in [4.69, 9.17) is 4.98 Å². The van der Waals surface area contributed by atoms with Gasteiger partial charge >= 0.3 is 0 Å². The van der Waals surface area contributed by atoms with E-state index < -0.39 is 0 Å². The minimum absolute atomic E-state index is 0.563. The van der Waals surface area contributed by atoms with E-state index in [9.17, 15) is 0 Å². The molecule has 0 amide bonds. The standard InChI is InChI=1S/C37H55N/c1-24(2)10-9-11-25(3)31-16-17-32-30-15-14-28-23-27(18-20-36(28,5)33(30)19-21-37(31,32)6)35-22-26(4)29-12-7-8-13-34(29)38-35/h7-8,12-13,22,24-25,27-28,30-33H,9-11,14-21,23H2,1-6H3/t25-,27?,28?,30+,31-,32+,33+,36+,37-/m1/s1. The molecular weight excluding hydrogens is 458 g/mol. The molecule has 1 aromatic heterocycles. The van der Waals surface area contributed by atoms with E-state index in [1.54, 1.807) is 0 Å². The quantitative estimate of drug-likeness (QED) is 0.374. The van der Waals surface area contributed by atoms with Gasteiger partial charge < -0.3 is 0 Å². The van der Waals surface area contributed by atoms with Gasteiger partial charge in [-0.05, 0) is 135 Å². The van der Waals surface area contributed by atoms with Crippen molar-refractivity contribution in [3.8, 4) is 0 Å². The monoisotopic (exact) mass is 513 g/mol. The predicted molar refractivity (Wildman–Crippen MR) is 162 cm³/mol. The first-order valence-corrected chi connectivity index (χ1v) is 16.6. The Morgan fingerprint density at radius 1 is 0.868 bits per heavy atom. The second kappa shape index (κ2) is 10.2. The van der Waals surface area contributed by atoms with E-state index in [1.807, 2.05) is 0 Å². The Morgan fingerprint density at radius 3 is 2.45 bits per heavy atom. The first kappa shape index (κ1) is 26.8. The summed E-state index contributed by atoms with van der Waals surface area (Å²) in [5, 5.41) is 1.33. The van der Waals surface area contributed by atoms with Crippen LogP contribution >= 0.6 is 0 Å². The van der Waals surface area contributed by atoms with Crippen molar-refractivity contribution in [2.45, 2.75) is 125 Å². The summed E-state index contributed by atoms with van der Waals surface area (Å²) in [4.78, 5) is 5.21. The minimum Gasteiger partial charge on any atom is -0.253 e. The van der Waals surface area contributed by atoms with Gasteiger partial charge in [0, 0.05) is 17.0 Å². The van der Waals surface area contributed by atoms with E-state index >= 15 is 0 Å². The van der Waals surface area contributed by atoms with Gasteiger partial charge in [0.1, 0.15) is 0 Å². The number of fused-ring (bicyclic) bond motifs is 6. The van der Waals surface area contributed by atoms with Gasteiger partial charge in [-0.1, -0.05) is 72.1 Å². The maximum atomic E-state index is 5.21. The Bertz CT molecular complexity index is 1130. The lowest BCUT2D eigenvalue weighted by Gasteiger charge is -2.61. The SMILES string of the molecule is Cc1cc(C2CC[C@@]3(C)C(CC[C@H]4[C@@H]5CC[C@H]([C@H](C)CCCC(C)C)[C@@]5(C)CC[C@@H]43)C2)nc2ccccc12. The summed E-state index contributed by atoms with van der Waals surface area (Å²) in [7, 11) is 0. The van der Waals surface area contributed by atoms with Crippen molar-refractivity contribution < 1.29 is 0 Å². The average molecular weight is 514 g/mol. The number of aromatic nitrogens is 1. The van der Waals surface area contributed by atoms with E-state index in [-0.39, 0.29) is 0 Å². The summed E-state index contributed by atoms with van der Waals surface area (Å²) in [6.07, 6.45) is 17.5. The fraction of sp³-hybridized carbons (Fsp3) is 0.757. The van der Waals surface area contributed by atoms with Crippen LogP contribution < -0.4 is 0 Å². The molecule has 2 aromatic rings. The van der Waals surface area contributed by atoms with Crippen LogP contribution in [-0.2, 0) is 0 Å². The van der Waals surface area contributed by atoms with Gasteiger partial charge in [-0.3, -0.25) is 4.98 Å². The molecule has 6 rings (SSSR count). The summed E-state index contributed by atoms with van der Waals surface area (Å²) in [6, 6.07) is 11.2. The molecule has 4 aliphatic carbocycles. The van der Waals surface area contributed by atoms with Crippen molar-refractivity contribution in [3.63, 3.8) is 0 Å². The first-order chi connectivity index (χ1) is 18.2. The number of benzene rings is 1. The lowest BCUT2D eigenvalue weighted by Crippen LogP contribution is -2.53. The molecule has 208 valence electrons. The Labute approximate surface area is 234 Å². The molecule has 0 bridgehead atoms. The molecule has 0 aliphatic heterocycles. The van der Waals surface area contributed by atoms with Crippen molar-refractivity contribution in [2.75, 3.05) is 0 Å². The van der Waals surface area contributed by atoms with Gasteiger partial charge in [-0.2, -0.15) is 0 Å². The molecule has 4 aliphatic rings. The Balaban J connectivity index is 1.16. The molecule has 38 heavy (non-hydrogen) atoms. The van der Waals surface area contributed by atoms with Gasteiger partial charge in [-0.15, -0.1) is 0 Å². The van der Waals surface area contributed by atoms with Crippen LogP contribution in [0.1, 0.15) is 129 Å². The van der Waals surface area contributed by atoms with Crippen LogP contribution in [0.4, 0.5) is 0 Å². The third-order valence-electron chi connectivity index (χ3n) is 13.2. The lowest BCUT2D eigenvalue weighted by atomic mass is 9.44. The molecule has 1 aromatic carbocycles. The van der Waals surface area contributed by atoms with Crippen LogP contribution in [0.5, 0.6) is 0 Å². The third kappa shape index (κ3) is 4.47. The number of rotatable bonds is 6. The summed E-state index contributed by atoms with van der Waals surface area (Å²) in [6.45, 7) is 15.2. The molecule has 1 heterocycles. The summed E-state index contributed by atoms with van der Waals surface area (Å²) in [5.74, 6) is 7.28. The molecule has 1 heteroatoms. The van der Waals surface area contributed by atoms with Crippen LogP contribution in [0, 0.1) is 59.2 Å². The number of aryl methyl sites for hydroxylation is 1.